The van der Waals surface area contributed by atoms with Crippen molar-refractivity contribution in [3.63, 3.8) is 0 Å². The first kappa shape index (κ1) is 9.71. The summed E-state index contributed by atoms with van der Waals surface area (Å²) >= 11 is 0. The maximum Gasteiger partial charge on any atom is 0.337 e. The second kappa shape index (κ2) is 3.38. The van der Waals surface area contributed by atoms with Crippen LogP contribution in [-0.4, -0.2) is 20.5 Å². The number of carbonyl (C=O) groups is 1. The average Bonchev–Trinajstić information content (AvgIpc) is 2.59. The van der Waals surface area contributed by atoms with Gasteiger partial charge in [-0.1, -0.05) is 13.8 Å². The maximum absolute atomic E-state index is 10.8. The molecule has 0 saturated heterocycles. The van der Waals surface area contributed by atoms with Crippen LogP contribution in [0.5, 0.6) is 0 Å². The van der Waals surface area contributed by atoms with Gasteiger partial charge >= 0.3 is 5.97 Å². The molecule has 0 amide bonds. The summed E-state index contributed by atoms with van der Waals surface area (Å²) in [6, 6.07) is 3.28. The van der Waals surface area contributed by atoms with Gasteiger partial charge in [0.05, 0.1) is 11.3 Å². The molecule has 2 rings (SSSR count). The summed E-state index contributed by atoms with van der Waals surface area (Å²) in [5.74, 6) is -0.574. The van der Waals surface area contributed by atoms with E-state index in [1.807, 2.05) is 6.20 Å². The highest BCUT2D eigenvalue weighted by atomic mass is 16.4. The Morgan fingerprint density at radius 3 is 2.73 bits per heavy atom. The van der Waals surface area contributed by atoms with E-state index in [0.29, 0.717) is 5.92 Å². The van der Waals surface area contributed by atoms with Crippen LogP contribution in [-0.2, 0) is 0 Å². The number of nitrogens with zero attached hydrogens (tertiary/aromatic N) is 2. The van der Waals surface area contributed by atoms with Gasteiger partial charge in [0, 0.05) is 12.4 Å². The van der Waals surface area contributed by atoms with Crippen molar-refractivity contribution in [2.75, 3.05) is 0 Å². The van der Waals surface area contributed by atoms with E-state index in [9.17, 15) is 4.79 Å². The first-order chi connectivity index (χ1) is 7.08. The largest absolute Gasteiger partial charge is 0.478 e. The third-order valence-corrected chi connectivity index (χ3v) is 2.31. The van der Waals surface area contributed by atoms with Gasteiger partial charge < -0.3 is 9.51 Å². The lowest BCUT2D eigenvalue weighted by molar-refractivity contribution is 0.0696. The molecule has 15 heavy (non-hydrogen) atoms. The third-order valence-electron chi connectivity index (χ3n) is 2.31. The van der Waals surface area contributed by atoms with Crippen LogP contribution in [0, 0.1) is 0 Å². The van der Waals surface area contributed by atoms with E-state index in [-0.39, 0.29) is 5.56 Å². The lowest BCUT2D eigenvalue weighted by Gasteiger charge is -1.95. The number of carboxylic acid groups (broad SMARTS) is 1. The van der Waals surface area contributed by atoms with Crippen LogP contribution in [0.2, 0.25) is 0 Å². The second-order valence-corrected chi connectivity index (χ2v) is 3.81. The van der Waals surface area contributed by atoms with Crippen LogP contribution in [0.3, 0.4) is 0 Å². The number of carboxylic acids is 1. The summed E-state index contributed by atoms with van der Waals surface area (Å²) in [6.07, 6.45) is 3.45. The molecule has 0 spiro atoms. The second-order valence-electron chi connectivity index (χ2n) is 3.81. The smallest absolute Gasteiger partial charge is 0.337 e. The molecule has 0 aromatic carbocycles. The van der Waals surface area contributed by atoms with E-state index in [1.54, 1.807) is 22.7 Å². The molecule has 0 fully saturated rings. The highest BCUT2D eigenvalue weighted by molar-refractivity contribution is 5.87. The molecular weight excluding hydrogens is 192 g/mol. The fourth-order valence-electron chi connectivity index (χ4n) is 1.42. The SMILES string of the molecule is CC(C)c1cn2cc(C(=O)O)ccc2n1. The molecule has 2 aromatic rings. The molecule has 4 nitrogen and oxygen atoms in total. The van der Waals surface area contributed by atoms with Gasteiger partial charge in [-0.25, -0.2) is 9.78 Å². The maximum atomic E-state index is 10.8. The standard InChI is InChI=1S/C11H12N2O2/c1-7(2)9-6-13-5-8(11(14)15)3-4-10(13)12-9/h3-7H,1-2H3,(H,14,15). The third kappa shape index (κ3) is 1.70. The van der Waals surface area contributed by atoms with Crippen LogP contribution >= 0.6 is 0 Å². The Labute approximate surface area is 87.2 Å². The Balaban J connectivity index is 2.57. The molecule has 1 N–H and O–H groups in total. The molecule has 0 aliphatic rings. The van der Waals surface area contributed by atoms with Crippen molar-refractivity contribution in [1.29, 1.82) is 0 Å². The van der Waals surface area contributed by atoms with E-state index in [2.05, 4.69) is 18.8 Å². The van der Waals surface area contributed by atoms with Gasteiger partial charge in [-0.2, -0.15) is 0 Å². The Morgan fingerprint density at radius 1 is 1.40 bits per heavy atom. The number of aromatic carboxylic acids is 1. The number of hydrogen-bond acceptors (Lipinski definition) is 2. The van der Waals surface area contributed by atoms with Crippen LogP contribution in [0.4, 0.5) is 0 Å². The van der Waals surface area contributed by atoms with E-state index >= 15 is 0 Å². The first-order valence-electron chi connectivity index (χ1n) is 4.80. The fraction of sp³-hybridized carbons (Fsp3) is 0.273. The van der Waals surface area contributed by atoms with Crippen molar-refractivity contribution in [2.45, 2.75) is 19.8 Å². The Morgan fingerprint density at radius 2 is 2.13 bits per heavy atom. The fourth-order valence-corrected chi connectivity index (χ4v) is 1.42. The molecule has 0 radical (unpaired) electrons. The average molecular weight is 204 g/mol. The van der Waals surface area contributed by atoms with Crippen molar-refractivity contribution >= 4 is 11.6 Å². The van der Waals surface area contributed by atoms with Gasteiger partial charge in [-0.05, 0) is 18.1 Å². The van der Waals surface area contributed by atoms with E-state index < -0.39 is 5.97 Å². The predicted octanol–water partition coefficient (Wildman–Crippen LogP) is 2.16. The topological polar surface area (TPSA) is 54.6 Å². The first-order valence-corrected chi connectivity index (χ1v) is 4.80. The number of rotatable bonds is 2. The summed E-state index contributed by atoms with van der Waals surface area (Å²) in [5, 5.41) is 8.83. The highest BCUT2D eigenvalue weighted by Crippen LogP contribution is 2.15. The summed E-state index contributed by atoms with van der Waals surface area (Å²) in [6.45, 7) is 4.11. The lowest BCUT2D eigenvalue weighted by Crippen LogP contribution is -1.97. The van der Waals surface area contributed by atoms with E-state index in [0.717, 1.165) is 11.3 Å². The van der Waals surface area contributed by atoms with Gasteiger partial charge in [0.1, 0.15) is 5.65 Å². The Hall–Kier alpha value is -1.84. The minimum Gasteiger partial charge on any atom is -0.478 e. The molecule has 0 bridgehead atoms. The van der Waals surface area contributed by atoms with Crippen molar-refractivity contribution in [2.24, 2.45) is 0 Å². The van der Waals surface area contributed by atoms with Gasteiger partial charge in [0.25, 0.3) is 0 Å². The Bertz CT molecular complexity index is 514. The van der Waals surface area contributed by atoms with E-state index in [1.165, 1.54) is 0 Å². The van der Waals surface area contributed by atoms with Crippen LogP contribution < -0.4 is 0 Å². The molecule has 2 aromatic heterocycles. The molecule has 0 aliphatic heterocycles. The van der Waals surface area contributed by atoms with E-state index in [4.69, 9.17) is 5.11 Å². The van der Waals surface area contributed by atoms with Crippen LogP contribution in [0.1, 0.15) is 35.8 Å². The number of fused-ring (bicyclic) bond motifs is 1. The normalized spacial score (nSPS) is 11.1. The monoisotopic (exact) mass is 204 g/mol. The van der Waals surface area contributed by atoms with Crippen LogP contribution in [0.15, 0.2) is 24.5 Å². The Kier molecular flexibility index (Phi) is 2.19. The van der Waals surface area contributed by atoms with Crippen LogP contribution in [0.25, 0.3) is 5.65 Å². The minimum atomic E-state index is -0.920. The van der Waals surface area contributed by atoms with Gasteiger partial charge in [0.2, 0.25) is 0 Å². The number of imidazole rings is 1. The zero-order chi connectivity index (χ0) is 11.0. The summed E-state index contributed by atoms with van der Waals surface area (Å²) in [5.41, 5.74) is 2.02. The zero-order valence-corrected chi connectivity index (χ0v) is 8.64. The summed E-state index contributed by atoms with van der Waals surface area (Å²) in [4.78, 5) is 15.1. The quantitative estimate of drug-likeness (QED) is 0.815. The molecule has 0 aliphatic carbocycles. The van der Waals surface area contributed by atoms with Crippen molar-refractivity contribution in [3.05, 3.63) is 35.8 Å². The molecular formula is C11H12N2O2. The van der Waals surface area contributed by atoms with Gasteiger partial charge in [-0.3, -0.25) is 0 Å². The van der Waals surface area contributed by atoms with Gasteiger partial charge in [0.15, 0.2) is 0 Å². The number of aromatic nitrogens is 2. The highest BCUT2D eigenvalue weighted by Gasteiger charge is 2.08. The zero-order valence-electron chi connectivity index (χ0n) is 8.64. The molecule has 2 heterocycles. The molecule has 4 heteroatoms. The number of pyridine rings is 1. The lowest BCUT2D eigenvalue weighted by atomic mass is 10.2. The molecule has 0 unspecified atom stereocenters. The van der Waals surface area contributed by atoms with Crippen molar-refractivity contribution in [3.8, 4) is 0 Å². The number of hydrogen-bond donors (Lipinski definition) is 1. The molecule has 78 valence electrons. The van der Waals surface area contributed by atoms with Gasteiger partial charge in [-0.15, -0.1) is 0 Å². The minimum absolute atomic E-state index is 0.273. The summed E-state index contributed by atoms with van der Waals surface area (Å²) in [7, 11) is 0. The molecule has 0 atom stereocenters. The predicted molar refractivity (Wildman–Crippen MR) is 56.2 cm³/mol. The summed E-state index contributed by atoms with van der Waals surface area (Å²) < 4.78 is 1.75. The van der Waals surface area contributed by atoms with Crippen molar-refractivity contribution in [1.82, 2.24) is 9.38 Å². The van der Waals surface area contributed by atoms with Crippen molar-refractivity contribution < 1.29 is 9.90 Å². The molecule has 0 saturated carbocycles.